The molecule has 0 atom stereocenters. The standard InChI is InChI=1S/C21H19NO2/c23-21(22-19-11-5-2-6-12-19)18-10-7-13-20(16-18)24-15-14-17-8-3-1-4-9-17/h1-13,16H,14-15H2,(H,22,23). The van der Waals surface area contributed by atoms with Crippen LogP contribution in [0.3, 0.4) is 0 Å². The van der Waals surface area contributed by atoms with Gasteiger partial charge in [0.2, 0.25) is 0 Å². The van der Waals surface area contributed by atoms with E-state index >= 15 is 0 Å². The predicted molar refractivity (Wildman–Crippen MR) is 96.5 cm³/mol. The van der Waals surface area contributed by atoms with Gasteiger partial charge < -0.3 is 10.1 Å². The summed E-state index contributed by atoms with van der Waals surface area (Å²) < 4.78 is 5.77. The van der Waals surface area contributed by atoms with Crippen LogP contribution in [0.2, 0.25) is 0 Å². The highest BCUT2D eigenvalue weighted by molar-refractivity contribution is 6.04. The van der Waals surface area contributed by atoms with Gasteiger partial charge in [0.25, 0.3) is 5.91 Å². The first-order chi connectivity index (χ1) is 11.8. The second-order valence-electron chi connectivity index (χ2n) is 5.43. The number of benzene rings is 3. The Morgan fingerprint density at radius 1 is 0.833 bits per heavy atom. The molecule has 0 bridgehead atoms. The van der Waals surface area contributed by atoms with Crippen LogP contribution < -0.4 is 10.1 Å². The van der Waals surface area contributed by atoms with Crippen molar-refractivity contribution in [3.05, 3.63) is 96.1 Å². The molecule has 0 unspecified atom stereocenters. The summed E-state index contributed by atoms with van der Waals surface area (Å²) in [4.78, 5) is 12.3. The third-order valence-corrected chi connectivity index (χ3v) is 3.63. The van der Waals surface area contributed by atoms with E-state index in [1.165, 1.54) is 5.56 Å². The summed E-state index contributed by atoms with van der Waals surface area (Å²) >= 11 is 0. The van der Waals surface area contributed by atoms with Crippen molar-refractivity contribution >= 4 is 11.6 Å². The highest BCUT2D eigenvalue weighted by Crippen LogP contribution is 2.16. The summed E-state index contributed by atoms with van der Waals surface area (Å²) in [7, 11) is 0. The van der Waals surface area contributed by atoms with Crippen LogP contribution in [0.4, 0.5) is 5.69 Å². The van der Waals surface area contributed by atoms with Crippen molar-refractivity contribution in [1.29, 1.82) is 0 Å². The highest BCUT2D eigenvalue weighted by atomic mass is 16.5. The van der Waals surface area contributed by atoms with Gasteiger partial charge in [0, 0.05) is 17.7 Å². The SMILES string of the molecule is O=C(Nc1ccccc1)c1cccc(OCCc2ccccc2)c1. The molecule has 3 nitrogen and oxygen atoms in total. The Labute approximate surface area is 141 Å². The molecule has 120 valence electrons. The molecule has 1 N–H and O–H groups in total. The Kier molecular flexibility index (Phi) is 5.25. The molecule has 3 heteroatoms. The molecule has 0 heterocycles. The number of rotatable bonds is 6. The fourth-order valence-corrected chi connectivity index (χ4v) is 2.38. The molecule has 0 saturated heterocycles. The molecule has 3 aromatic rings. The van der Waals surface area contributed by atoms with E-state index in [9.17, 15) is 4.79 Å². The first kappa shape index (κ1) is 15.8. The van der Waals surface area contributed by atoms with Crippen molar-refractivity contribution in [2.45, 2.75) is 6.42 Å². The first-order valence-electron chi connectivity index (χ1n) is 7.94. The van der Waals surface area contributed by atoms with Gasteiger partial charge in [0.15, 0.2) is 0 Å². The number of carbonyl (C=O) groups excluding carboxylic acids is 1. The maximum Gasteiger partial charge on any atom is 0.255 e. The van der Waals surface area contributed by atoms with Crippen LogP contribution in [0.15, 0.2) is 84.9 Å². The minimum absolute atomic E-state index is 0.144. The average molecular weight is 317 g/mol. The lowest BCUT2D eigenvalue weighted by Crippen LogP contribution is -2.12. The number of hydrogen-bond acceptors (Lipinski definition) is 2. The summed E-state index contributed by atoms with van der Waals surface area (Å²) in [6.45, 7) is 0.577. The quantitative estimate of drug-likeness (QED) is 0.724. The number of para-hydroxylation sites is 1. The molecule has 3 aromatic carbocycles. The van der Waals surface area contributed by atoms with E-state index in [4.69, 9.17) is 4.74 Å². The molecule has 0 aromatic heterocycles. The maximum absolute atomic E-state index is 12.3. The summed E-state index contributed by atoms with van der Waals surface area (Å²) in [5.41, 5.74) is 2.59. The van der Waals surface area contributed by atoms with Crippen molar-refractivity contribution in [3.63, 3.8) is 0 Å². The van der Waals surface area contributed by atoms with Gasteiger partial charge in [0.05, 0.1) is 6.61 Å². The molecular formula is C21H19NO2. The smallest absolute Gasteiger partial charge is 0.255 e. The second kappa shape index (κ2) is 7.97. The number of carbonyl (C=O) groups is 1. The monoisotopic (exact) mass is 317 g/mol. The van der Waals surface area contributed by atoms with E-state index < -0.39 is 0 Å². The molecule has 0 saturated carbocycles. The minimum atomic E-state index is -0.144. The van der Waals surface area contributed by atoms with Crippen molar-refractivity contribution < 1.29 is 9.53 Å². The van der Waals surface area contributed by atoms with Crippen LogP contribution in [-0.4, -0.2) is 12.5 Å². The first-order valence-corrected chi connectivity index (χ1v) is 7.94. The number of anilines is 1. The topological polar surface area (TPSA) is 38.3 Å². The fraction of sp³-hybridized carbons (Fsp3) is 0.0952. The van der Waals surface area contributed by atoms with Gasteiger partial charge in [0.1, 0.15) is 5.75 Å². The lowest BCUT2D eigenvalue weighted by molar-refractivity contribution is 0.102. The fourth-order valence-electron chi connectivity index (χ4n) is 2.38. The van der Waals surface area contributed by atoms with Gasteiger partial charge in [-0.3, -0.25) is 4.79 Å². The van der Waals surface area contributed by atoms with Gasteiger partial charge in [-0.05, 0) is 35.9 Å². The number of nitrogens with one attached hydrogen (secondary N) is 1. The third kappa shape index (κ3) is 4.46. The van der Waals surface area contributed by atoms with Crippen molar-refractivity contribution in [1.82, 2.24) is 0 Å². The van der Waals surface area contributed by atoms with E-state index in [1.54, 1.807) is 12.1 Å². The molecule has 3 rings (SSSR count). The summed E-state index contributed by atoms with van der Waals surface area (Å²) in [5.74, 6) is 0.557. The van der Waals surface area contributed by atoms with Gasteiger partial charge in [-0.1, -0.05) is 54.6 Å². The summed E-state index contributed by atoms with van der Waals surface area (Å²) in [5, 5.41) is 2.87. The molecule has 0 fully saturated rings. The zero-order chi connectivity index (χ0) is 16.6. The van der Waals surface area contributed by atoms with Crippen molar-refractivity contribution in [2.75, 3.05) is 11.9 Å². The Hall–Kier alpha value is -3.07. The highest BCUT2D eigenvalue weighted by Gasteiger charge is 2.07. The van der Waals surface area contributed by atoms with Gasteiger partial charge in [-0.15, -0.1) is 0 Å². The van der Waals surface area contributed by atoms with E-state index in [-0.39, 0.29) is 5.91 Å². The van der Waals surface area contributed by atoms with E-state index in [0.29, 0.717) is 17.9 Å². The van der Waals surface area contributed by atoms with Crippen LogP contribution in [-0.2, 0) is 6.42 Å². The van der Waals surface area contributed by atoms with E-state index in [1.807, 2.05) is 60.7 Å². The average Bonchev–Trinajstić information content (AvgIpc) is 2.64. The molecule has 24 heavy (non-hydrogen) atoms. The summed E-state index contributed by atoms with van der Waals surface area (Å²) in [6, 6.07) is 26.8. The lowest BCUT2D eigenvalue weighted by atomic mass is 10.1. The molecule has 0 aliphatic carbocycles. The molecule has 0 aliphatic rings. The Morgan fingerprint density at radius 2 is 1.54 bits per heavy atom. The summed E-state index contributed by atoms with van der Waals surface area (Å²) in [6.07, 6.45) is 0.835. The molecular weight excluding hydrogens is 298 g/mol. The zero-order valence-electron chi connectivity index (χ0n) is 13.3. The lowest BCUT2D eigenvalue weighted by Gasteiger charge is -2.09. The largest absolute Gasteiger partial charge is 0.493 e. The maximum atomic E-state index is 12.3. The van der Waals surface area contributed by atoms with Crippen LogP contribution in [0.5, 0.6) is 5.75 Å². The van der Waals surface area contributed by atoms with Crippen molar-refractivity contribution in [2.24, 2.45) is 0 Å². The number of amides is 1. The van der Waals surface area contributed by atoms with Crippen LogP contribution in [0, 0.1) is 0 Å². The Balaban J connectivity index is 1.58. The number of ether oxygens (including phenoxy) is 1. The predicted octanol–water partition coefficient (Wildman–Crippen LogP) is 4.56. The van der Waals surface area contributed by atoms with E-state index in [2.05, 4.69) is 17.4 Å². The second-order valence-corrected chi connectivity index (χ2v) is 5.43. The third-order valence-electron chi connectivity index (χ3n) is 3.63. The van der Waals surface area contributed by atoms with Gasteiger partial charge in [-0.25, -0.2) is 0 Å². The van der Waals surface area contributed by atoms with Gasteiger partial charge >= 0.3 is 0 Å². The zero-order valence-corrected chi connectivity index (χ0v) is 13.3. The molecule has 0 radical (unpaired) electrons. The van der Waals surface area contributed by atoms with Crippen LogP contribution in [0.25, 0.3) is 0 Å². The number of hydrogen-bond donors (Lipinski definition) is 1. The van der Waals surface area contributed by atoms with E-state index in [0.717, 1.165) is 12.1 Å². The van der Waals surface area contributed by atoms with Gasteiger partial charge in [-0.2, -0.15) is 0 Å². The van der Waals surface area contributed by atoms with Crippen LogP contribution in [0.1, 0.15) is 15.9 Å². The minimum Gasteiger partial charge on any atom is -0.493 e. The normalized spacial score (nSPS) is 10.2. The Bertz CT molecular complexity index is 785. The molecule has 0 aliphatic heterocycles. The van der Waals surface area contributed by atoms with Crippen molar-refractivity contribution in [3.8, 4) is 5.75 Å². The molecule has 0 spiro atoms. The van der Waals surface area contributed by atoms with Crippen LogP contribution >= 0.6 is 0 Å². The Morgan fingerprint density at radius 3 is 2.29 bits per heavy atom. The molecule has 1 amide bonds.